The van der Waals surface area contributed by atoms with Gasteiger partial charge < -0.3 is 20.5 Å². The number of benzene rings is 2. The summed E-state index contributed by atoms with van der Waals surface area (Å²) < 4.78 is 27.2. The quantitative estimate of drug-likeness (QED) is 0.281. The van der Waals surface area contributed by atoms with Crippen LogP contribution in [0.25, 0.3) is 11.3 Å². The molecule has 2 atom stereocenters. The summed E-state index contributed by atoms with van der Waals surface area (Å²) in [6, 6.07) is 18.5. The third-order valence-corrected chi connectivity index (χ3v) is 9.74. The van der Waals surface area contributed by atoms with Crippen LogP contribution < -0.4 is 16.2 Å². The summed E-state index contributed by atoms with van der Waals surface area (Å²) in [7, 11) is -3.75. The minimum atomic E-state index is -3.75. The average molecular weight is 620 g/mol. The Morgan fingerprint density at radius 3 is 2.32 bits per heavy atom. The van der Waals surface area contributed by atoms with Crippen molar-refractivity contribution in [2.45, 2.75) is 30.2 Å². The van der Waals surface area contributed by atoms with Crippen molar-refractivity contribution >= 4 is 33.5 Å². The zero-order chi connectivity index (χ0) is 31.3. The second-order valence-corrected chi connectivity index (χ2v) is 12.7. The van der Waals surface area contributed by atoms with E-state index in [-0.39, 0.29) is 55.4 Å². The second-order valence-electron chi connectivity index (χ2n) is 10.8. The van der Waals surface area contributed by atoms with Crippen LogP contribution >= 0.6 is 0 Å². The number of nitrogens with zero attached hydrogens (tertiary/aromatic N) is 2. The number of pyridine rings is 1. The van der Waals surface area contributed by atoms with E-state index in [9.17, 15) is 32.4 Å². The fourth-order valence-electron chi connectivity index (χ4n) is 5.46. The molecule has 0 aliphatic carbocycles. The third-order valence-electron chi connectivity index (χ3n) is 7.82. The predicted molar refractivity (Wildman–Crippen MR) is 161 cm³/mol. The molecule has 0 radical (unpaired) electrons. The lowest BCUT2D eigenvalue weighted by atomic mass is 9.94. The number of rotatable bonds is 10. The highest BCUT2D eigenvalue weighted by molar-refractivity contribution is 7.89. The van der Waals surface area contributed by atoms with Gasteiger partial charge in [-0.05, 0) is 48.2 Å². The first-order valence-electron chi connectivity index (χ1n) is 14.4. The maximum Gasteiger partial charge on any atom is 0.292 e. The van der Waals surface area contributed by atoms with Crippen molar-refractivity contribution in [3.05, 3.63) is 88.7 Å². The van der Waals surface area contributed by atoms with Crippen LogP contribution in [0.2, 0.25) is 0 Å². The van der Waals surface area contributed by atoms with Crippen molar-refractivity contribution in [1.82, 2.24) is 24.8 Å². The molecule has 1 aromatic heterocycles. The first kappa shape index (κ1) is 30.8. The van der Waals surface area contributed by atoms with Gasteiger partial charge in [0.2, 0.25) is 33.2 Å². The molecule has 3 aromatic rings. The van der Waals surface area contributed by atoms with Crippen LogP contribution in [0.4, 0.5) is 0 Å². The van der Waals surface area contributed by atoms with Crippen molar-refractivity contribution in [1.29, 1.82) is 0 Å². The number of ketones is 1. The number of sulfonamides is 1. The lowest BCUT2D eigenvalue weighted by molar-refractivity contribution is -0.147. The minimum absolute atomic E-state index is 0.00951. The highest BCUT2D eigenvalue weighted by Gasteiger charge is 2.37. The van der Waals surface area contributed by atoms with Gasteiger partial charge in [-0.25, -0.2) is 8.42 Å². The van der Waals surface area contributed by atoms with Gasteiger partial charge in [0.05, 0.1) is 17.4 Å². The molecule has 0 bridgehead atoms. The summed E-state index contributed by atoms with van der Waals surface area (Å²) in [6.45, 7) is 0.492. The molecule has 5 rings (SSSR count). The Balaban J connectivity index is 1.26. The van der Waals surface area contributed by atoms with Gasteiger partial charge in [-0.15, -0.1) is 0 Å². The third kappa shape index (κ3) is 7.12. The number of piperazine rings is 1. The smallest absolute Gasteiger partial charge is 0.292 e. The molecule has 3 N–H and O–H groups in total. The van der Waals surface area contributed by atoms with Crippen molar-refractivity contribution in [3.63, 3.8) is 0 Å². The monoisotopic (exact) mass is 619 g/mol. The van der Waals surface area contributed by atoms with E-state index < -0.39 is 39.6 Å². The van der Waals surface area contributed by atoms with Gasteiger partial charge >= 0.3 is 0 Å². The van der Waals surface area contributed by atoms with E-state index in [1.807, 2.05) is 0 Å². The summed E-state index contributed by atoms with van der Waals surface area (Å²) in [5.74, 6) is -2.97. The molecule has 2 aliphatic rings. The van der Waals surface area contributed by atoms with E-state index in [0.717, 1.165) is 0 Å². The number of H-pyrrole nitrogens is 1. The van der Waals surface area contributed by atoms with Crippen LogP contribution in [0.15, 0.2) is 82.5 Å². The number of hydrogen-bond donors (Lipinski definition) is 3. The lowest BCUT2D eigenvalue weighted by Gasteiger charge is -2.34. The molecule has 44 heavy (non-hydrogen) atoms. The van der Waals surface area contributed by atoms with Gasteiger partial charge in [0.1, 0.15) is 0 Å². The molecule has 2 fully saturated rings. The summed E-state index contributed by atoms with van der Waals surface area (Å²) in [5.41, 5.74) is 1.65. The lowest BCUT2D eigenvalue weighted by Crippen LogP contribution is -2.55. The summed E-state index contributed by atoms with van der Waals surface area (Å²) in [5, 5.41) is 5.39. The molecule has 230 valence electrons. The van der Waals surface area contributed by atoms with E-state index >= 15 is 0 Å². The molecule has 3 heterocycles. The molecule has 13 heteroatoms. The molecule has 2 aromatic carbocycles. The minimum Gasteiger partial charge on any atom is -0.356 e. The highest BCUT2D eigenvalue weighted by Crippen LogP contribution is 2.21. The zero-order valence-corrected chi connectivity index (χ0v) is 24.7. The van der Waals surface area contributed by atoms with Crippen LogP contribution in [-0.4, -0.2) is 84.9 Å². The van der Waals surface area contributed by atoms with Crippen LogP contribution in [-0.2, 0) is 35.6 Å². The number of carbonyl (C=O) groups excluding carboxylic acids is 4. The Labute approximate surface area is 254 Å². The molecule has 12 nitrogen and oxygen atoms in total. The normalized spacial score (nSPS) is 18.0. The van der Waals surface area contributed by atoms with Crippen LogP contribution in [0, 0.1) is 5.92 Å². The Hall–Kier alpha value is -4.62. The van der Waals surface area contributed by atoms with Gasteiger partial charge in [0.25, 0.3) is 5.91 Å². The zero-order valence-electron chi connectivity index (χ0n) is 23.9. The van der Waals surface area contributed by atoms with E-state index in [1.165, 1.54) is 27.4 Å². The van der Waals surface area contributed by atoms with E-state index in [4.69, 9.17) is 0 Å². The van der Waals surface area contributed by atoms with Gasteiger partial charge in [0.15, 0.2) is 0 Å². The highest BCUT2D eigenvalue weighted by atomic mass is 32.2. The topological polar surface area (TPSA) is 166 Å². The van der Waals surface area contributed by atoms with E-state index in [1.54, 1.807) is 54.6 Å². The fourth-order valence-corrected chi connectivity index (χ4v) is 6.90. The van der Waals surface area contributed by atoms with Crippen LogP contribution in [0.3, 0.4) is 0 Å². The number of hydrogen-bond acceptors (Lipinski definition) is 7. The van der Waals surface area contributed by atoms with Gasteiger partial charge in [-0.1, -0.05) is 42.5 Å². The average Bonchev–Trinajstić information content (AvgIpc) is 3.44. The number of nitrogens with one attached hydrogen (secondary N) is 3. The van der Waals surface area contributed by atoms with Crippen molar-refractivity contribution < 1.29 is 27.6 Å². The standard InChI is InChI=1S/C31H33N5O7S/c37-27-11-5-10-25(33-27)22-7-4-6-21(18-22)19-28(38)34-26(20-23-12-13-32-30(23)40)29(39)31(41)35-14-16-36(17-15-35)44(42,43)24-8-2-1-3-9-24/h1-11,18,23,26H,12-17,19-20H2,(H,32,40)(H,33,37)(H,34,38)/t23-,26-/m0/s1. The van der Waals surface area contributed by atoms with Gasteiger partial charge in [-0.2, -0.15) is 4.31 Å². The van der Waals surface area contributed by atoms with Crippen LogP contribution in [0.5, 0.6) is 0 Å². The van der Waals surface area contributed by atoms with Crippen molar-refractivity contribution in [2.75, 3.05) is 32.7 Å². The largest absolute Gasteiger partial charge is 0.356 e. The predicted octanol–water partition coefficient (Wildman–Crippen LogP) is 0.698. The number of carbonyl (C=O) groups is 4. The Morgan fingerprint density at radius 1 is 0.909 bits per heavy atom. The van der Waals surface area contributed by atoms with Gasteiger partial charge in [0, 0.05) is 50.4 Å². The fraction of sp³-hybridized carbons (Fsp3) is 0.323. The molecule has 0 spiro atoms. The van der Waals surface area contributed by atoms with Crippen molar-refractivity contribution in [3.8, 4) is 11.3 Å². The molecule has 0 saturated carbocycles. The number of amides is 3. The maximum absolute atomic E-state index is 13.5. The molecule has 2 aliphatic heterocycles. The Bertz CT molecular complexity index is 1720. The number of aromatic nitrogens is 1. The van der Waals surface area contributed by atoms with Gasteiger partial charge in [-0.3, -0.25) is 24.0 Å². The molecule has 2 saturated heterocycles. The van der Waals surface area contributed by atoms with Crippen molar-refractivity contribution in [2.24, 2.45) is 5.92 Å². The second kappa shape index (κ2) is 13.3. The first-order valence-corrected chi connectivity index (χ1v) is 15.8. The summed E-state index contributed by atoms with van der Waals surface area (Å²) in [6.07, 6.45) is 0.339. The molecular formula is C31H33N5O7S. The van der Waals surface area contributed by atoms with E-state index in [0.29, 0.717) is 29.8 Å². The molecular weight excluding hydrogens is 586 g/mol. The number of Topliss-reactive ketones (excluding diaryl/α,β-unsaturated/α-hetero) is 1. The number of aromatic amines is 1. The summed E-state index contributed by atoms with van der Waals surface area (Å²) in [4.78, 5) is 68.2. The SMILES string of the molecule is O=C(Cc1cccc(-c2cccc(=O)[nH]2)c1)N[C@@H](C[C@@H]1CCNC1=O)C(=O)C(=O)N1CCN(S(=O)(=O)c2ccccc2)CC1. The first-order chi connectivity index (χ1) is 21.1. The summed E-state index contributed by atoms with van der Waals surface area (Å²) >= 11 is 0. The maximum atomic E-state index is 13.5. The van der Waals surface area contributed by atoms with Crippen LogP contribution in [0.1, 0.15) is 18.4 Å². The molecule has 0 unspecified atom stereocenters. The Morgan fingerprint density at radius 2 is 1.64 bits per heavy atom. The Kier molecular flexibility index (Phi) is 9.35. The molecule has 3 amide bonds. The van der Waals surface area contributed by atoms with E-state index in [2.05, 4.69) is 15.6 Å².